The van der Waals surface area contributed by atoms with Crippen molar-refractivity contribution in [1.82, 2.24) is 19.8 Å². The fraction of sp³-hybridized carbons (Fsp3) is 0.524. The molecule has 5 nitrogen and oxygen atoms in total. The summed E-state index contributed by atoms with van der Waals surface area (Å²) >= 11 is 0. The largest absolute Gasteiger partial charge is 0.356 e. The number of aliphatic imine (C=N–C) groups is 1. The van der Waals surface area contributed by atoms with Gasteiger partial charge in [-0.25, -0.2) is 4.98 Å². The van der Waals surface area contributed by atoms with Gasteiger partial charge in [0, 0.05) is 56.5 Å². The van der Waals surface area contributed by atoms with E-state index in [1.807, 2.05) is 19.3 Å². The molecule has 6 heteroatoms. The number of nitrogens with zero attached hydrogens (tertiary/aromatic N) is 4. The van der Waals surface area contributed by atoms with Crippen molar-refractivity contribution in [2.45, 2.75) is 46.2 Å². The normalized spacial score (nSPS) is 17.8. The Bertz CT molecular complexity index is 764. The summed E-state index contributed by atoms with van der Waals surface area (Å²) in [4.78, 5) is 11.4. The first kappa shape index (κ1) is 21.7. The molecule has 148 valence electrons. The van der Waals surface area contributed by atoms with Gasteiger partial charge in [-0.05, 0) is 19.4 Å². The molecule has 2 aromatic rings. The van der Waals surface area contributed by atoms with Gasteiger partial charge >= 0.3 is 0 Å². The predicted molar refractivity (Wildman–Crippen MR) is 123 cm³/mol. The molecule has 1 N–H and O–H groups in total. The number of imidazole rings is 1. The third kappa shape index (κ3) is 4.47. The highest BCUT2D eigenvalue weighted by atomic mass is 127. The first-order valence-electron chi connectivity index (χ1n) is 9.37. The number of hydrogen-bond acceptors (Lipinski definition) is 2. The molecule has 1 fully saturated rings. The Hall–Kier alpha value is -1.57. The summed E-state index contributed by atoms with van der Waals surface area (Å²) in [6.45, 7) is 11.9. The lowest BCUT2D eigenvalue weighted by Crippen LogP contribution is -2.72. The minimum absolute atomic E-state index is 0. The summed E-state index contributed by atoms with van der Waals surface area (Å²) in [6, 6.07) is 10.5. The number of aromatic nitrogens is 2. The van der Waals surface area contributed by atoms with Gasteiger partial charge in [-0.2, -0.15) is 0 Å². The Morgan fingerprint density at radius 2 is 1.89 bits per heavy atom. The van der Waals surface area contributed by atoms with Crippen molar-refractivity contribution in [2.24, 2.45) is 10.4 Å². The van der Waals surface area contributed by atoms with E-state index in [1.54, 1.807) is 0 Å². The highest BCUT2D eigenvalue weighted by Crippen LogP contribution is 2.46. The Labute approximate surface area is 180 Å². The van der Waals surface area contributed by atoms with Crippen LogP contribution in [0.5, 0.6) is 0 Å². The van der Waals surface area contributed by atoms with Crippen molar-refractivity contribution in [3.05, 3.63) is 54.1 Å². The summed E-state index contributed by atoms with van der Waals surface area (Å²) in [5.41, 5.74) is 1.71. The zero-order chi connectivity index (χ0) is 18.8. The van der Waals surface area contributed by atoms with Crippen LogP contribution < -0.4 is 5.32 Å². The average Bonchev–Trinajstić information content (AvgIpc) is 3.05. The van der Waals surface area contributed by atoms with E-state index in [-0.39, 0.29) is 29.5 Å². The molecular formula is C21H32IN5. The SMILES string of the molecule is CN=C(NCCc1nccn1Cc1ccccc1)N1CC(C)(C)C1(C)C.I. The van der Waals surface area contributed by atoms with E-state index < -0.39 is 0 Å². The number of likely N-dealkylation sites (tertiary alicyclic amines) is 1. The Kier molecular flexibility index (Phi) is 6.94. The molecule has 1 aliphatic heterocycles. The molecule has 0 radical (unpaired) electrons. The fourth-order valence-electron chi connectivity index (χ4n) is 3.47. The lowest BCUT2D eigenvalue weighted by Gasteiger charge is -2.62. The minimum atomic E-state index is 0. The molecule has 0 aliphatic carbocycles. The highest BCUT2D eigenvalue weighted by molar-refractivity contribution is 14.0. The van der Waals surface area contributed by atoms with Crippen LogP contribution in [0.25, 0.3) is 0 Å². The van der Waals surface area contributed by atoms with Crippen LogP contribution in [0.1, 0.15) is 39.1 Å². The van der Waals surface area contributed by atoms with Crippen LogP contribution in [0, 0.1) is 5.41 Å². The molecular weight excluding hydrogens is 449 g/mol. The molecule has 1 aliphatic rings. The maximum absolute atomic E-state index is 4.54. The number of guanidine groups is 1. The van der Waals surface area contributed by atoms with Crippen molar-refractivity contribution in [1.29, 1.82) is 0 Å². The Morgan fingerprint density at radius 1 is 1.19 bits per heavy atom. The van der Waals surface area contributed by atoms with Crippen LogP contribution in [-0.2, 0) is 13.0 Å². The van der Waals surface area contributed by atoms with Crippen LogP contribution in [0.15, 0.2) is 47.7 Å². The monoisotopic (exact) mass is 481 g/mol. The van der Waals surface area contributed by atoms with Gasteiger partial charge in [0.1, 0.15) is 5.82 Å². The molecule has 3 rings (SSSR count). The fourth-order valence-corrected chi connectivity index (χ4v) is 3.47. The molecule has 0 saturated carbocycles. The smallest absolute Gasteiger partial charge is 0.194 e. The zero-order valence-corrected chi connectivity index (χ0v) is 19.4. The molecule has 0 spiro atoms. The Balaban J connectivity index is 0.00000261. The van der Waals surface area contributed by atoms with Gasteiger partial charge in [0.15, 0.2) is 5.96 Å². The summed E-state index contributed by atoms with van der Waals surface area (Å²) < 4.78 is 2.22. The van der Waals surface area contributed by atoms with E-state index in [2.05, 4.69) is 82.9 Å². The van der Waals surface area contributed by atoms with Crippen LogP contribution in [0.3, 0.4) is 0 Å². The Morgan fingerprint density at radius 3 is 2.48 bits per heavy atom. The second kappa shape index (κ2) is 8.63. The van der Waals surface area contributed by atoms with E-state index in [1.165, 1.54) is 5.56 Å². The van der Waals surface area contributed by atoms with Gasteiger partial charge in [0.25, 0.3) is 0 Å². The molecule has 0 atom stereocenters. The third-order valence-electron chi connectivity index (χ3n) is 5.98. The topological polar surface area (TPSA) is 45.5 Å². The van der Waals surface area contributed by atoms with Gasteiger partial charge in [0.2, 0.25) is 0 Å². The lowest BCUT2D eigenvalue weighted by atomic mass is 9.65. The minimum Gasteiger partial charge on any atom is -0.356 e. The molecule has 27 heavy (non-hydrogen) atoms. The van der Waals surface area contributed by atoms with Crippen molar-refractivity contribution >= 4 is 29.9 Å². The second-order valence-electron chi connectivity index (χ2n) is 8.21. The quantitative estimate of drug-likeness (QED) is 0.402. The van der Waals surface area contributed by atoms with E-state index in [4.69, 9.17) is 0 Å². The molecule has 0 amide bonds. The van der Waals surface area contributed by atoms with E-state index >= 15 is 0 Å². The summed E-state index contributed by atoms with van der Waals surface area (Å²) in [6.07, 6.45) is 4.81. The third-order valence-corrected chi connectivity index (χ3v) is 5.98. The number of benzene rings is 1. The summed E-state index contributed by atoms with van der Waals surface area (Å²) in [7, 11) is 1.86. The zero-order valence-electron chi connectivity index (χ0n) is 17.1. The van der Waals surface area contributed by atoms with Gasteiger partial charge in [-0.1, -0.05) is 44.2 Å². The van der Waals surface area contributed by atoms with Crippen molar-refractivity contribution in [2.75, 3.05) is 20.1 Å². The summed E-state index contributed by atoms with van der Waals surface area (Å²) in [5, 5.41) is 3.52. The van der Waals surface area contributed by atoms with Crippen LogP contribution >= 0.6 is 24.0 Å². The lowest BCUT2D eigenvalue weighted by molar-refractivity contribution is -0.0666. The first-order valence-corrected chi connectivity index (χ1v) is 9.37. The number of rotatable bonds is 5. The molecule has 1 aromatic heterocycles. The molecule has 1 saturated heterocycles. The van der Waals surface area contributed by atoms with E-state index in [0.29, 0.717) is 5.41 Å². The first-order chi connectivity index (χ1) is 12.3. The second-order valence-corrected chi connectivity index (χ2v) is 8.21. The van der Waals surface area contributed by atoms with E-state index in [0.717, 1.165) is 37.8 Å². The van der Waals surface area contributed by atoms with Crippen molar-refractivity contribution in [3.8, 4) is 0 Å². The van der Waals surface area contributed by atoms with Crippen molar-refractivity contribution < 1.29 is 0 Å². The standard InChI is InChI=1S/C21H31N5.HI/c1-20(2)16-26(21(20,3)4)19(22-5)24-12-11-18-23-13-14-25(18)15-17-9-7-6-8-10-17;/h6-10,13-14H,11-12,15-16H2,1-5H3,(H,22,24);1H. The maximum Gasteiger partial charge on any atom is 0.194 e. The maximum atomic E-state index is 4.54. The van der Waals surface area contributed by atoms with Gasteiger partial charge in [-0.15, -0.1) is 24.0 Å². The predicted octanol–water partition coefficient (Wildman–Crippen LogP) is 3.79. The molecule has 0 bridgehead atoms. The van der Waals surface area contributed by atoms with Crippen LogP contribution in [0.4, 0.5) is 0 Å². The highest BCUT2D eigenvalue weighted by Gasteiger charge is 2.53. The number of halogens is 1. The van der Waals surface area contributed by atoms with Crippen LogP contribution in [0.2, 0.25) is 0 Å². The number of hydrogen-bond donors (Lipinski definition) is 1. The average molecular weight is 481 g/mol. The molecule has 1 aromatic carbocycles. The van der Waals surface area contributed by atoms with E-state index in [9.17, 15) is 0 Å². The van der Waals surface area contributed by atoms with Gasteiger partial charge in [0.05, 0.1) is 0 Å². The molecule has 2 heterocycles. The summed E-state index contributed by atoms with van der Waals surface area (Å²) in [5.74, 6) is 2.08. The van der Waals surface area contributed by atoms with Crippen molar-refractivity contribution in [3.63, 3.8) is 0 Å². The number of nitrogens with one attached hydrogen (secondary N) is 1. The van der Waals surface area contributed by atoms with Crippen LogP contribution in [-0.4, -0.2) is 46.1 Å². The van der Waals surface area contributed by atoms with Gasteiger partial charge < -0.3 is 14.8 Å². The molecule has 0 unspecified atom stereocenters. The van der Waals surface area contributed by atoms with Gasteiger partial charge in [-0.3, -0.25) is 4.99 Å².